The number of nitro groups is 2. The van der Waals surface area contributed by atoms with Crippen molar-refractivity contribution in [3.63, 3.8) is 0 Å². The van der Waals surface area contributed by atoms with Crippen molar-refractivity contribution in [3.05, 3.63) is 187 Å². The predicted octanol–water partition coefficient (Wildman–Crippen LogP) is 11.4. The second kappa shape index (κ2) is 14.5. The third-order valence-electron chi connectivity index (χ3n) is 13.7. The summed E-state index contributed by atoms with van der Waals surface area (Å²) in [5.74, 6) is 1.55. The normalized spacial score (nSPS) is 20.2. The van der Waals surface area contributed by atoms with E-state index < -0.39 is 32.1 Å². The fourth-order valence-electron chi connectivity index (χ4n) is 10.2. The van der Waals surface area contributed by atoms with E-state index in [1.54, 1.807) is 0 Å². The zero-order valence-electron chi connectivity index (χ0n) is 36.3. The molecule has 4 aliphatic rings. The van der Waals surface area contributed by atoms with Crippen LogP contribution in [0.25, 0.3) is 23.3 Å². The summed E-state index contributed by atoms with van der Waals surface area (Å²) < 4.78 is 25.4. The van der Waals surface area contributed by atoms with Gasteiger partial charge in [0.05, 0.1) is 47.0 Å². The first-order valence-electron chi connectivity index (χ1n) is 21.1. The summed E-state index contributed by atoms with van der Waals surface area (Å²) in [5, 5.41) is 23.5. The van der Waals surface area contributed by atoms with Crippen LogP contribution in [0.5, 0.6) is 23.0 Å². The van der Waals surface area contributed by atoms with E-state index in [1.165, 1.54) is 38.5 Å². The van der Waals surface area contributed by atoms with Crippen LogP contribution in [0.2, 0.25) is 0 Å². The van der Waals surface area contributed by atoms with Crippen LogP contribution in [0.1, 0.15) is 61.1 Å². The van der Waals surface area contributed by atoms with E-state index >= 15 is 0 Å². The number of benzene rings is 6. The Morgan fingerprint density at radius 3 is 1.28 bits per heavy atom. The summed E-state index contributed by atoms with van der Waals surface area (Å²) in [5.41, 5.74) is 6.78. The molecule has 0 amide bonds. The molecule has 322 valence electrons. The Labute approximate surface area is 370 Å². The van der Waals surface area contributed by atoms with E-state index in [9.17, 15) is 20.2 Å². The van der Waals surface area contributed by atoms with Crippen LogP contribution in [0.4, 0.5) is 22.7 Å². The molecule has 0 saturated heterocycles. The molecule has 12 nitrogen and oxygen atoms in total. The number of para-hydroxylation sites is 2. The van der Waals surface area contributed by atoms with Crippen LogP contribution < -0.4 is 28.7 Å². The zero-order valence-corrected chi connectivity index (χ0v) is 36.3. The van der Waals surface area contributed by atoms with Gasteiger partial charge >= 0.3 is 0 Å². The van der Waals surface area contributed by atoms with Crippen molar-refractivity contribution in [2.45, 2.75) is 63.1 Å². The Bertz CT molecular complexity index is 2760. The topological polar surface area (TPSA) is 130 Å². The molecule has 4 heterocycles. The second-order valence-electron chi connectivity index (χ2n) is 17.8. The van der Waals surface area contributed by atoms with Gasteiger partial charge in [0.2, 0.25) is 11.4 Å². The maximum absolute atomic E-state index is 11.7. The summed E-state index contributed by atoms with van der Waals surface area (Å²) in [6.07, 6.45) is 7.88. The number of nitrogens with zero attached hydrogens (tertiary/aromatic N) is 4. The van der Waals surface area contributed by atoms with Crippen LogP contribution in [-0.4, -0.2) is 35.5 Å². The van der Waals surface area contributed by atoms with Crippen molar-refractivity contribution in [2.24, 2.45) is 0 Å². The second-order valence-corrected chi connectivity index (χ2v) is 17.8. The van der Waals surface area contributed by atoms with Crippen LogP contribution in [0.3, 0.4) is 0 Å². The van der Waals surface area contributed by atoms with Gasteiger partial charge in [-0.3, -0.25) is 20.2 Å². The van der Waals surface area contributed by atoms with Crippen molar-refractivity contribution in [1.82, 2.24) is 0 Å². The molecular weight excluding hydrogens is 809 g/mol. The number of hydrogen-bond acceptors (Lipinski definition) is 10. The van der Waals surface area contributed by atoms with Gasteiger partial charge in [0.15, 0.2) is 23.0 Å². The first kappa shape index (κ1) is 40.5. The van der Waals surface area contributed by atoms with E-state index in [4.69, 9.17) is 18.9 Å². The lowest BCUT2D eigenvalue weighted by Gasteiger charge is -2.47. The molecule has 2 atom stereocenters. The fourth-order valence-corrected chi connectivity index (χ4v) is 10.2. The summed E-state index contributed by atoms with van der Waals surface area (Å²) in [4.78, 5) is 27.2. The summed E-state index contributed by atoms with van der Waals surface area (Å²) in [6.45, 7) is 9.74. The van der Waals surface area contributed by atoms with Crippen molar-refractivity contribution in [3.8, 4) is 34.1 Å². The molecule has 0 aliphatic carbocycles. The smallest absolute Gasteiger partial charge is 0.274 e. The average Bonchev–Trinajstić information content (AvgIpc) is 3.59. The number of ether oxygens (including phenoxy) is 4. The maximum atomic E-state index is 11.7. The monoisotopic (exact) mass is 854 g/mol. The lowest BCUT2D eigenvalue weighted by atomic mass is 9.76. The molecule has 10 rings (SSSR count). The van der Waals surface area contributed by atoms with Gasteiger partial charge in [-0.15, -0.1) is 0 Å². The molecule has 6 aromatic rings. The quantitative estimate of drug-likeness (QED) is 0.102. The van der Waals surface area contributed by atoms with Crippen molar-refractivity contribution in [2.75, 3.05) is 24.0 Å². The summed E-state index contributed by atoms with van der Waals surface area (Å²) in [6, 6.07) is 39.7. The molecule has 2 spiro atoms. The van der Waals surface area contributed by atoms with Gasteiger partial charge in [0.25, 0.3) is 11.4 Å². The number of anilines is 2. The van der Waals surface area contributed by atoms with Crippen LogP contribution in [0, 0.1) is 20.2 Å². The Kier molecular flexibility index (Phi) is 9.16. The molecule has 64 heavy (non-hydrogen) atoms. The third kappa shape index (κ3) is 5.88. The molecule has 0 bridgehead atoms. The molecular formula is C52H46N4O8. The number of hydrogen-bond donors (Lipinski definition) is 0. The molecule has 2 unspecified atom stereocenters. The molecule has 0 saturated carbocycles. The van der Waals surface area contributed by atoms with Gasteiger partial charge in [-0.05, 0) is 97.5 Å². The largest absolute Gasteiger partial charge is 0.493 e. The fraction of sp³-hybridized carbons (Fsp3) is 0.231. The van der Waals surface area contributed by atoms with Gasteiger partial charge in [-0.25, -0.2) is 0 Å². The molecule has 0 radical (unpaired) electrons. The van der Waals surface area contributed by atoms with Gasteiger partial charge < -0.3 is 28.7 Å². The van der Waals surface area contributed by atoms with E-state index in [0.717, 1.165) is 44.8 Å². The van der Waals surface area contributed by atoms with Crippen molar-refractivity contribution < 1.29 is 28.8 Å². The Morgan fingerprint density at radius 1 is 0.547 bits per heavy atom. The minimum Gasteiger partial charge on any atom is -0.493 e. The Morgan fingerprint density at radius 2 is 0.922 bits per heavy atom. The van der Waals surface area contributed by atoms with Crippen molar-refractivity contribution in [1.29, 1.82) is 0 Å². The van der Waals surface area contributed by atoms with Gasteiger partial charge in [-0.2, -0.15) is 0 Å². The minimum atomic E-state index is -0.958. The Balaban J connectivity index is 0.929. The van der Waals surface area contributed by atoms with E-state index in [-0.39, 0.29) is 11.4 Å². The number of fused-ring (bicyclic) bond motifs is 4. The SMILES string of the molecule is COc1cc([N+](=O)[O-])cc2c1OC1(C=C2)N(Cc2ccc(-c3ccc(CN4c5ccccc5C(C)(C)C45C=Cc4cc([N+](=O)[O-])cc(OC)c4O5)cc3)cc2)c2ccccc2C1(C)C. The summed E-state index contributed by atoms with van der Waals surface area (Å²) >= 11 is 0. The maximum Gasteiger partial charge on any atom is 0.274 e. The molecule has 0 aromatic heterocycles. The number of methoxy groups -OCH3 is 2. The molecule has 4 aliphatic heterocycles. The first-order chi connectivity index (χ1) is 30.7. The van der Waals surface area contributed by atoms with Crippen molar-refractivity contribution >= 4 is 34.9 Å². The highest BCUT2D eigenvalue weighted by Crippen LogP contribution is 2.58. The number of non-ortho nitro benzene ring substituents is 2. The Hall–Kier alpha value is -7.60. The molecule has 12 heteroatoms. The lowest BCUT2D eigenvalue weighted by molar-refractivity contribution is -0.385. The highest BCUT2D eigenvalue weighted by molar-refractivity contribution is 5.77. The number of rotatable bonds is 9. The molecule has 6 aromatic carbocycles. The third-order valence-corrected chi connectivity index (χ3v) is 13.7. The standard InChI is InChI=1S/C52H46N4O8/c1-49(2)41-11-7-9-13-43(41)53(51(49)25-23-37-27-39(55(57)58)29-45(61-5)47(37)63-51)31-33-15-19-35(20-16-33)36-21-17-34(18-22-36)32-54-44-14-10-8-12-42(44)50(3,4)52(54)26-24-38-28-40(56(59)60)30-46(62-6)48(38)64-52/h7-30H,31-32H2,1-6H3. The van der Waals surface area contributed by atoms with Gasteiger partial charge in [-0.1, -0.05) is 84.9 Å². The highest BCUT2D eigenvalue weighted by Gasteiger charge is 2.60. The average molecular weight is 855 g/mol. The van der Waals surface area contributed by atoms with Crippen LogP contribution >= 0.6 is 0 Å². The molecule has 0 N–H and O–H groups in total. The highest BCUT2D eigenvalue weighted by atomic mass is 16.6. The van der Waals surface area contributed by atoms with Gasteiger partial charge in [0.1, 0.15) is 0 Å². The van der Waals surface area contributed by atoms with E-state index in [1.807, 2.05) is 48.6 Å². The number of nitro benzene ring substituents is 2. The van der Waals surface area contributed by atoms with E-state index in [0.29, 0.717) is 47.2 Å². The zero-order chi connectivity index (χ0) is 44.8. The minimum absolute atomic E-state index is 0.0625. The van der Waals surface area contributed by atoms with E-state index in [2.05, 4.69) is 110 Å². The van der Waals surface area contributed by atoms with Gasteiger partial charge in [0, 0.05) is 47.7 Å². The van der Waals surface area contributed by atoms with Crippen LogP contribution in [0.15, 0.2) is 133 Å². The first-order valence-corrected chi connectivity index (χ1v) is 21.1. The summed E-state index contributed by atoms with van der Waals surface area (Å²) in [7, 11) is 3.00. The van der Waals surface area contributed by atoms with Crippen LogP contribution in [-0.2, 0) is 23.9 Å². The predicted molar refractivity (Wildman–Crippen MR) is 247 cm³/mol. The lowest BCUT2D eigenvalue weighted by Crippen LogP contribution is -2.59. The molecule has 0 fully saturated rings.